The first-order valence-electron chi connectivity index (χ1n) is 13.3. The second-order valence-corrected chi connectivity index (χ2v) is 9.72. The van der Waals surface area contributed by atoms with E-state index in [9.17, 15) is 4.79 Å². The van der Waals surface area contributed by atoms with Crippen LogP contribution in [0.5, 0.6) is 0 Å². The molecule has 0 aliphatic carbocycles. The van der Waals surface area contributed by atoms with Crippen LogP contribution in [0.15, 0.2) is 67.0 Å². The monoisotopic (exact) mass is 500 g/mol. The first-order chi connectivity index (χ1) is 18.2. The minimum atomic E-state index is -0.150. The van der Waals surface area contributed by atoms with Gasteiger partial charge in [0.25, 0.3) is 0 Å². The van der Waals surface area contributed by atoms with Crippen LogP contribution in [0.1, 0.15) is 36.9 Å². The Bertz CT molecular complexity index is 1130. The Hall–Kier alpha value is -3.65. The van der Waals surface area contributed by atoms with Crippen molar-refractivity contribution in [3.05, 3.63) is 78.1 Å². The molecule has 0 amide bonds. The summed E-state index contributed by atoms with van der Waals surface area (Å²) in [6.45, 7) is 7.06. The molecule has 0 saturated carbocycles. The fourth-order valence-corrected chi connectivity index (χ4v) is 5.58. The van der Waals surface area contributed by atoms with Gasteiger partial charge in [-0.25, -0.2) is 9.97 Å². The third kappa shape index (κ3) is 5.54. The average molecular weight is 501 g/mol. The summed E-state index contributed by atoms with van der Waals surface area (Å²) < 4.78 is 5.27. The third-order valence-electron chi connectivity index (χ3n) is 7.39. The molecule has 1 unspecified atom stereocenters. The number of aromatic nitrogens is 2. The first kappa shape index (κ1) is 25.0. The number of carbonyl (C=O) groups is 1. The molecule has 2 aliphatic rings. The number of nitrogens with zero attached hydrogens (tertiary/aromatic N) is 5. The second kappa shape index (κ2) is 11.6. The van der Waals surface area contributed by atoms with Crippen LogP contribution < -0.4 is 15.5 Å². The Morgan fingerprint density at radius 1 is 0.919 bits per heavy atom. The minimum absolute atomic E-state index is 0.137. The van der Waals surface area contributed by atoms with E-state index in [2.05, 4.69) is 85.3 Å². The molecule has 1 atom stereocenters. The highest BCUT2D eigenvalue weighted by atomic mass is 16.5. The average Bonchev–Trinajstić information content (AvgIpc) is 2.95. The van der Waals surface area contributed by atoms with Crippen molar-refractivity contribution in [2.75, 3.05) is 61.4 Å². The molecular formula is C29H36N6O2. The number of rotatable bonds is 7. The predicted octanol–water partition coefficient (Wildman–Crippen LogP) is 3.75. The Kier molecular flexibility index (Phi) is 7.84. The lowest BCUT2D eigenvalue weighted by Gasteiger charge is -2.41. The molecular weight excluding hydrogens is 464 g/mol. The Morgan fingerprint density at radius 2 is 1.51 bits per heavy atom. The van der Waals surface area contributed by atoms with Crippen molar-refractivity contribution in [2.24, 2.45) is 5.92 Å². The lowest BCUT2D eigenvalue weighted by atomic mass is 9.96. The molecule has 194 valence electrons. The Balaban J connectivity index is 1.31. The van der Waals surface area contributed by atoms with E-state index < -0.39 is 0 Å². The van der Waals surface area contributed by atoms with Gasteiger partial charge in [-0.15, -0.1) is 0 Å². The van der Waals surface area contributed by atoms with Gasteiger partial charge in [0.2, 0.25) is 0 Å². The number of ether oxygens (including phenoxy) is 1. The molecule has 2 aliphatic heterocycles. The number of hydrogen-bond donors (Lipinski definition) is 1. The van der Waals surface area contributed by atoms with Gasteiger partial charge >= 0.3 is 5.97 Å². The van der Waals surface area contributed by atoms with E-state index in [0.717, 1.165) is 51.4 Å². The summed E-state index contributed by atoms with van der Waals surface area (Å²) in [6.07, 6.45) is 3.33. The van der Waals surface area contributed by atoms with Gasteiger partial charge in [-0.1, -0.05) is 60.7 Å². The maximum absolute atomic E-state index is 12.3. The largest absolute Gasteiger partial charge is 0.466 e. The van der Waals surface area contributed by atoms with Gasteiger partial charge in [0.15, 0.2) is 11.6 Å². The summed E-state index contributed by atoms with van der Waals surface area (Å²) in [6, 6.07) is 21.6. The second-order valence-electron chi connectivity index (χ2n) is 9.72. The molecule has 8 nitrogen and oxygen atoms in total. The van der Waals surface area contributed by atoms with E-state index in [-0.39, 0.29) is 17.9 Å². The summed E-state index contributed by atoms with van der Waals surface area (Å²) in [7, 11) is 0. The van der Waals surface area contributed by atoms with Gasteiger partial charge < -0.3 is 20.3 Å². The number of benzene rings is 2. The molecule has 37 heavy (non-hydrogen) atoms. The van der Waals surface area contributed by atoms with Crippen LogP contribution in [0, 0.1) is 5.92 Å². The van der Waals surface area contributed by atoms with Crippen molar-refractivity contribution in [3.63, 3.8) is 0 Å². The van der Waals surface area contributed by atoms with E-state index in [4.69, 9.17) is 10.5 Å². The zero-order valence-electron chi connectivity index (χ0n) is 21.5. The van der Waals surface area contributed by atoms with Gasteiger partial charge in [-0.05, 0) is 30.9 Å². The zero-order valence-corrected chi connectivity index (χ0v) is 21.5. The van der Waals surface area contributed by atoms with Crippen molar-refractivity contribution in [3.8, 4) is 0 Å². The molecule has 3 heterocycles. The van der Waals surface area contributed by atoms with Gasteiger partial charge in [-0.2, -0.15) is 0 Å². The molecule has 2 fully saturated rings. The highest BCUT2D eigenvalue weighted by Gasteiger charge is 2.31. The summed E-state index contributed by atoms with van der Waals surface area (Å²) in [5.41, 5.74) is 9.85. The quantitative estimate of drug-likeness (QED) is 0.491. The zero-order chi connectivity index (χ0) is 25.6. The predicted molar refractivity (Wildman–Crippen MR) is 147 cm³/mol. The summed E-state index contributed by atoms with van der Waals surface area (Å²) in [5.74, 6) is 1.21. The van der Waals surface area contributed by atoms with Crippen LogP contribution >= 0.6 is 0 Å². The standard InChI is InChI=1S/C29H36N6O2/c1-2-37-29(36)24-14-9-15-35(20-24)28-25(30)27(31-21-32-28)34-18-16-33(17-19-34)26(22-10-5-3-6-11-22)23-12-7-4-8-13-23/h3-8,10-13,21,24,26H,2,9,14-20,30H2,1H3. The van der Waals surface area contributed by atoms with Crippen LogP contribution in [0.2, 0.25) is 0 Å². The molecule has 0 bridgehead atoms. The number of esters is 1. The number of piperazine rings is 1. The van der Waals surface area contributed by atoms with Crippen molar-refractivity contribution >= 4 is 23.3 Å². The molecule has 5 rings (SSSR count). The van der Waals surface area contributed by atoms with Crippen molar-refractivity contribution in [1.29, 1.82) is 0 Å². The van der Waals surface area contributed by atoms with Gasteiger partial charge in [0.05, 0.1) is 18.6 Å². The van der Waals surface area contributed by atoms with Crippen molar-refractivity contribution in [2.45, 2.75) is 25.8 Å². The summed E-state index contributed by atoms with van der Waals surface area (Å²) >= 11 is 0. The number of nitrogen functional groups attached to an aromatic ring is 1. The van der Waals surface area contributed by atoms with Crippen LogP contribution in [-0.2, 0) is 9.53 Å². The van der Waals surface area contributed by atoms with E-state index in [0.29, 0.717) is 24.7 Å². The highest BCUT2D eigenvalue weighted by Crippen LogP contribution is 2.34. The molecule has 0 radical (unpaired) electrons. The fraction of sp³-hybridized carbons (Fsp3) is 0.414. The van der Waals surface area contributed by atoms with Crippen LogP contribution in [-0.4, -0.2) is 66.7 Å². The normalized spacial score (nSPS) is 18.7. The minimum Gasteiger partial charge on any atom is -0.466 e. The van der Waals surface area contributed by atoms with Gasteiger partial charge in [0.1, 0.15) is 12.0 Å². The Labute approximate surface area is 219 Å². The van der Waals surface area contributed by atoms with Crippen LogP contribution in [0.3, 0.4) is 0 Å². The highest BCUT2D eigenvalue weighted by molar-refractivity contribution is 5.78. The summed E-state index contributed by atoms with van der Waals surface area (Å²) in [5, 5.41) is 0. The molecule has 1 aromatic heterocycles. The third-order valence-corrected chi connectivity index (χ3v) is 7.39. The smallest absolute Gasteiger partial charge is 0.310 e. The number of hydrogen-bond acceptors (Lipinski definition) is 8. The van der Waals surface area contributed by atoms with Crippen LogP contribution in [0.4, 0.5) is 17.3 Å². The van der Waals surface area contributed by atoms with Crippen molar-refractivity contribution < 1.29 is 9.53 Å². The summed E-state index contributed by atoms with van der Waals surface area (Å²) in [4.78, 5) is 28.3. The number of carbonyl (C=O) groups excluding carboxylic acids is 1. The topological polar surface area (TPSA) is 87.8 Å². The molecule has 0 spiro atoms. The number of anilines is 3. The lowest BCUT2D eigenvalue weighted by Crippen LogP contribution is -2.48. The first-order valence-corrected chi connectivity index (χ1v) is 13.3. The maximum atomic E-state index is 12.3. The van der Waals surface area contributed by atoms with Crippen molar-refractivity contribution in [1.82, 2.24) is 14.9 Å². The maximum Gasteiger partial charge on any atom is 0.310 e. The van der Waals surface area contributed by atoms with Gasteiger partial charge in [0, 0.05) is 39.3 Å². The van der Waals surface area contributed by atoms with Crippen LogP contribution in [0.25, 0.3) is 0 Å². The number of nitrogens with two attached hydrogens (primary N) is 1. The SMILES string of the molecule is CCOC(=O)C1CCCN(c2ncnc(N3CCN(C(c4ccccc4)c4ccccc4)CC3)c2N)C1. The molecule has 2 saturated heterocycles. The molecule has 3 aromatic rings. The van der Waals surface area contributed by atoms with E-state index in [1.54, 1.807) is 6.33 Å². The molecule has 2 N–H and O–H groups in total. The van der Waals surface area contributed by atoms with E-state index >= 15 is 0 Å². The van der Waals surface area contributed by atoms with E-state index in [1.807, 2.05) is 6.92 Å². The fourth-order valence-electron chi connectivity index (χ4n) is 5.58. The molecule has 8 heteroatoms. The van der Waals surface area contributed by atoms with Gasteiger partial charge in [-0.3, -0.25) is 9.69 Å². The number of piperidine rings is 1. The van der Waals surface area contributed by atoms with E-state index in [1.165, 1.54) is 11.1 Å². The lowest BCUT2D eigenvalue weighted by molar-refractivity contribution is -0.148. The Morgan fingerprint density at radius 3 is 2.11 bits per heavy atom. The molecule has 2 aromatic carbocycles.